The van der Waals surface area contributed by atoms with E-state index in [2.05, 4.69) is 0 Å². The van der Waals surface area contributed by atoms with E-state index in [0.717, 1.165) is 6.26 Å². The standard InChI is InChI=1S/C6H11NO2S/c1-4-6(2,5-7)10(3,8)9/h4H2,1-3H3. The molecule has 0 saturated heterocycles. The van der Waals surface area contributed by atoms with Gasteiger partial charge >= 0.3 is 0 Å². The van der Waals surface area contributed by atoms with Crippen LogP contribution in [0.25, 0.3) is 0 Å². The number of sulfone groups is 1. The molecular formula is C6H11NO2S. The van der Waals surface area contributed by atoms with Crippen molar-refractivity contribution in [2.24, 2.45) is 0 Å². The average Bonchev–Trinajstić information content (AvgIpc) is 1.84. The fourth-order valence-corrected chi connectivity index (χ4v) is 1.11. The molecule has 58 valence electrons. The van der Waals surface area contributed by atoms with E-state index in [4.69, 9.17) is 5.26 Å². The maximum absolute atomic E-state index is 10.9. The van der Waals surface area contributed by atoms with E-state index in [1.165, 1.54) is 6.92 Å². The molecule has 0 heterocycles. The first kappa shape index (κ1) is 9.44. The first-order valence-corrected chi connectivity index (χ1v) is 4.87. The second-order valence-corrected chi connectivity index (χ2v) is 4.91. The van der Waals surface area contributed by atoms with Gasteiger partial charge in [-0.25, -0.2) is 8.42 Å². The lowest BCUT2D eigenvalue weighted by Gasteiger charge is -2.15. The smallest absolute Gasteiger partial charge is 0.166 e. The van der Waals surface area contributed by atoms with E-state index >= 15 is 0 Å². The molecule has 0 saturated carbocycles. The third-order valence-corrected chi connectivity index (χ3v) is 3.75. The fraction of sp³-hybridized carbons (Fsp3) is 0.833. The highest BCUT2D eigenvalue weighted by Gasteiger charge is 2.33. The molecule has 4 heteroatoms. The van der Waals surface area contributed by atoms with Crippen LogP contribution < -0.4 is 0 Å². The van der Waals surface area contributed by atoms with Crippen molar-refractivity contribution < 1.29 is 8.42 Å². The molecule has 0 aliphatic rings. The van der Waals surface area contributed by atoms with Crippen LogP contribution in [0, 0.1) is 11.3 Å². The number of nitrogens with zero attached hydrogens (tertiary/aromatic N) is 1. The van der Waals surface area contributed by atoms with Gasteiger partial charge < -0.3 is 0 Å². The van der Waals surface area contributed by atoms with Crippen LogP contribution in [0.3, 0.4) is 0 Å². The SMILES string of the molecule is CCC(C)(C#N)S(C)(=O)=O. The topological polar surface area (TPSA) is 57.9 Å². The van der Waals surface area contributed by atoms with Crippen molar-refractivity contribution in [3.8, 4) is 6.07 Å². The molecule has 0 aromatic carbocycles. The molecule has 0 N–H and O–H groups in total. The summed E-state index contributed by atoms with van der Waals surface area (Å²) in [7, 11) is -3.23. The van der Waals surface area contributed by atoms with Gasteiger partial charge in [-0.05, 0) is 13.3 Å². The lowest BCUT2D eigenvalue weighted by atomic mass is 10.1. The number of rotatable bonds is 2. The van der Waals surface area contributed by atoms with Gasteiger partial charge in [0.2, 0.25) is 0 Å². The Balaban J connectivity index is 4.92. The summed E-state index contributed by atoms with van der Waals surface area (Å²) in [6, 6.07) is 1.78. The summed E-state index contributed by atoms with van der Waals surface area (Å²) in [5.74, 6) is 0. The molecule has 0 aromatic rings. The highest BCUT2D eigenvalue weighted by atomic mass is 32.2. The van der Waals surface area contributed by atoms with Crippen molar-refractivity contribution in [3.05, 3.63) is 0 Å². The zero-order valence-corrected chi connectivity index (χ0v) is 7.20. The highest BCUT2D eigenvalue weighted by molar-refractivity contribution is 7.92. The van der Waals surface area contributed by atoms with Crippen molar-refractivity contribution in [2.75, 3.05) is 6.26 Å². The lowest BCUT2D eigenvalue weighted by Crippen LogP contribution is -2.31. The third-order valence-electron chi connectivity index (χ3n) is 1.73. The Morgan fingerprint density at radius 1 is 1.60 bits per heavy atom. The molecule has 0 rings (SSSR count). The first-order valence-electron chi connectivity index (χ1n) is 2.98. The zero-order valence-electron chi connectivity index (χ0n) is 6.38. The second-order valence-electron chi connectivity index (χ2n) is 2.47. The minimum absolute atomic E-state index is 0.336. The van der Waals surface area contributed by atoms with Crippen molar-refractivity contribution in [2.45, 2.75) is 25.0 Å². The monoisotopic (exact) mass is 161 g/mol. The minimum atomic E-state index is -3.23. The molecule has 0 aromatic heterocycles. The normalized spacial score (nSPS) is 17.4. The Labute approximate surface area is 61.6 Å². The van der Waals surface area contributed by atoms with Gasteiger partial charge in [0.05, 0.1) is 6.07 Å². The van der Waals surface area contributed by atoms with Gasteiger partial charge in [0.25, 0.3) is 0 Å². The van der Waals surface area contributed by atoms with E-state index < -0.39 is 14.6 Å². The summed E-state index contributed by atoms with van der Waals surface area (Å²) >= 11 is 0. The summed E-state index contributed by atoms with van der Waals surface area (Å²) in [6.07, 6.45) is 1.42. The van der Waals surface area contributed by atoms with Crippen LogP contribution in [0.4, 0.5) is 0 Å². The van der Waals surface area contributed by atoms with Crippen molar-refractivity contribution in [3.63, 3.8) is 0 Å². The molecule has 0 aliphatic heterocycles. The number of nitriles is 1. The van der Waals surface area contributed by atoms with Crippen LogP contribution in [0.15, 0.2) is 0 Å². The largest absolute Gasteiger partial charge is 0.227 e. The Morgan fingerprint density at radius 3 is 2.00 bits per heavy atom. The van der Waals surface area contributed by atoms with Gasteiger partial charge in [-0.3, -0.25) is 0 Å². The summed E-state index contributed by atoms with van der Waals surface area (Å²) in [6.45, 7) is 3.12. The van der Waals surface area contributed by atoms with E-state index in [1.807, 2.05) is 0 Å². The highest BCUT2D eigenvalue weighted by Crippen LogP contribution is 2.18. The molecule has 10 heavy (non-hydrogen) atoms. The third kappa shape index (κ3) is 1.48. The molecule has 0 amide bonds. The Bertz CT molecular complexity index is 249. The van der Waals surface area contributed by atoms with Gasteiger partial charge in [0, 0.05) is 6.26 Å². The van der Waals surface area contributed by atoms with Gasteiger partial charge in [-0.15, -0.1) is 0 Å². The molecule has 0 aliphatic carbocycles. The Hall–Kier alpha value is -0.560. The van der Waals surface area contributed by atoms with Crippen molar-refractivity contribution in [1.29, 1.82) is 5.26 Å². The predicted molar refractivity (Wildman–Crippen MR) is 39.2 cm³/mol. The van der Waals surface area contributed by atoms with Crippen LogP contribution in [-0.2, 0) is 9.84 Å². The van der Waals surface area contributed by atoms with Crippen LogP contribution in [0.1, 0.15) is 20.3 Å². The van der Waals surface area contributed by atoms with Gasteiger partial charge in [-0.2, -0.15) is 5.26 Å². The average molecular weight is 161 g/mol. The van der Waals surface area contributed by atoms with Gasteiger partial charge in [0.1, 0.15) is 0 Å². The maximum Gasteiger partial charge on any atom is 0.166 e. The number of hydrogen-bond donors (Lipinski definition) is 0. The van der Waals surface area contributed by atoms with E-state index in [0.29, 0.717) is 6.42 Å². The molecule has 0 radical (unpaired) electrons. The summed E-state index contributed by atoms with van der Waals surface area (Å²) in [5.41, 5.74) is 0. The first-order chi connectivity index (χ1) is 4.37. The molecule has 3 nitrogen and oxygen atoms in total. The lowest BCUT2D eigenvalue weighted by molar-refractivity contribution is 0.567. The summed E-state index contributed by atoms with van der Waals surface area (Å²) in [5, 5.41) is 8.49. The van der Waals surface area contributed by atoms with E-state index in [1.54, 1.807) is 13.0 Å². The van der Waals surface area contributed by atoms with E-state index in [9.17, 15) is 8.42 Å². The fourth-order valence-electron chi connectivity index (χ4n) is 0.424. The van der Waals surface area contributed by atoms with Crippen LogP contribution >= 0.6 is 0 Å². The van der Waals surface area contributed by atoms with Crippen LogP contribution in [0.2, 0.25) is 0 Å². The Kier molecular flexibility index (Phi) is 2.44. The number of hydrogen-bond acceptors (Lipinski definition) is 3. The van der Waals surface area contributed by atoms with Gasteiger partial charge in [0.15, 0.2) is 14.6 Å². The second kappa shape index (κ2) is 2.59. The zero-order chi connectivity index (χ0) is 8.41. The summed E-state index contributed by atoms with van der Waals surface area (Å²) < 4.78 is 20.6. The minimum Gasteiger partial charge on any atom is -0.227 e. The quantitative estimate of drug-likeness (QED) is 0.599. The molecular weight excluding hydrogens is 150 g/mol. The van der Waals surface area contributed by atoms with Gasteiger partial charge in [-0.1, -0.05) is 6.92 Å². The Morgan fingerprint density at radius 2 is 2.00 bits per heavy atom. The van der Waals surface area contributed by atoms with Crippen LogP contribution in [-0.4, -0.2) is 19.4 Å². The summed E-state index contributed by atoms with van der Waals surface area (Å²) in [4.78, 5) is 0. The molecule has 0 spiro atoms. The van der Waals surface area contributed by atoms with Crippen molar-refractivity contribution in [1.82, 2.24) is 0 Å². The van der Waals surface area contributed by atoms with Crippen molar-refractivity contribution >= 4 is 9.84 Å². The maximum atomic E-state index is 10.9. The molecule has 0 fully saturated rings. The molecule has 1 unspecified atom stereocenters. The van der Waals surface area contributed by atoms with E-state index in [-0.39, 0.29) is 0 Å². The predicted octanol–water partition coefficient (Wildman–Crippen LogP) is 0.723. The van der Waals surface area contributed by atoms with Crippen LogP contribution in [0.5, 0.6) is 0 Å². The molecule has 0 bridgehead atoms. The molecule has 1 atom stereocenters.